The summed E-state index contributed by atoms with van der Waals surface area (Å²) in [5.74, 6) is -0.542. The summed E-state index contributed by atoms with van der Waals surface area (Å²) < 4.78 is 10.9. The zero-order valence-corrected chi connectivity index (χ0v) is 20.1. The molecular formula is C27H27N3O6. The molecule has 4 rings (SSSR count). The van der Waals surface area contributed by atoms with Gasteiger partial charge in [-0.15, -0.1) is 0 Å². The third-order valence-corrected chi connectivity index (χ3v) is 5.78. The Kier molecular flexibility index (Phi) is 7.48. The summed E-state index contributed by atoms with van der Waals surface area (Å²) in [4.78, 5) is 51.5. The molecule has 1 aliphatic heterocycles. The summed E-state index contributed by atoms with van der Waals surface area (Å²) in [6.07, 6.45) is -0.595. The highest BCUT2D eigenvalue weighted by molar-refractivity contribution is 6.25. The van der Waals surface area contributed by atoms with E-state index in [1.807, 2.05) is 19.1 Å². The van der Waals surface area contributed by atoms with E-state index < -0.39 is 17.9 Å². The van der Waals surface area contributed by atoms with Crippen LogP contribution < -0.4 is 20.3 Å². The van der Waals surface area contributed by atoms with Crippen molar-refractivity contribution in [3.05, 3.63) is 71.8 Å². The van der Waals surface area contributed by atoms with Crippen LogP contribution in [0.4, 0.5) is 0 Å². The Hall–Kier alpha value is -4.40. The van der Waals surface area contributed by atoms with Gasteiger partial charge in [0.1, 0.15) is 11.5 Å². The third-order valence-electron chi connectivity index (χ3n) is 5.78. The van der Waals surface area contributed by atoms with Gasteiger partial charge in [0.2, 0.25) is 5.91 Å². The molecule has 1 atom stereocenters. The summed E-state index contributed by atoms with van der Waals surface area (Å²) in [6, 6.07) is 17.5. The van der Waals surface area contributed by atoms with Gasteiger partial charge in [-0.05, 0) is 62.1 Å². The van der Waals surface area contributed by atoms with E-state index >= 15 is 0 Å². The van der Waals surface area contributed by atoms with Crippen molar-refractivity contribution in [1.82, 2.24) is 15.8 Å². The first-order chi connectivity index (χ1) is 17.4. The lowest BCUT2D eigenvalue weighted by Gasteiger charge is -2.27. The zero-order chi connectivity index (χ0) is 25.7. The van der Waals surface area contributed by atoms with E-state index in [0.717, 1.165) is 10.3 Å². The van der Waals surface area contributed by atoms with Gasteiger partial charge in [-0.25, -0.2) is 0 Å². The molecule has 2 N–H and O–H groups in total. The number of hydrogen-bond donors (Lipinski definition) is 2. The van der Waals surface area contributed by atoms with Gasteiger partial charge >= 0.3 is 0 Å². The fourth-order valence-corrected chi connectivity index (χ4v) is 4.02. The molecule has 3 aromatic rings. The van der Waals surface area contributed by atoms with Crippen LogP contribution in [0.25, 0.3) is 10.8 Å². The van der Waals surface area contributed by atoms with Crippen molar-refractivity contribution in [2.24, 2.45) is 0 Å². The van der Waals surface area contributed by atoms with Crippen LogP contribution in [0.2, 0.25) is 0 Å². The minimum atomic E-state index is -0.852. The number of imide groups is 1. The van der Waals surface area contributed by atoms with E-state index in [0.29, 0.717) is 34.6 Å². The average Bonchev–Trinajstić information content (AvgIpc) is 2.89. The predicted octanol–water partition coefficient (Wildman–Crippen LogP) is 3.23. The molecule has 9 nitrogen and oxygen atoms in total. The molecule has 186 valence electrons. The van der Waals surface area contributed by atoms with Crippen LogP contribution in [0.5, 0.6) is 11.5 Å². The number of carbonyl (C=O) groups excluding carboxylic acids is 4. The van der Waals surface area contributed by atoms with E-state index in [4.69, 9.17) is 9.47 Å². The van der Waals surface area contributed by atoms with Crippen LogP contribution in [-0.4, -0.2) is 47.8 Å². The standard InChI is InChI=1S/C27H27N3O6/c1-3-35-19-12-14-20(15-13-19)36-17(2)25(32)29-28-23(31)11-6-16-30-26(33)21-9-4-7-18-8-5-10-22(24(18)21)27(30)34/h4-5,7-10,12-15,17H,3,6,11,16H2,1-2H3,(H,28,31)(H,29,32). The van der Waals surface area contributed by atoms with Gasteiger partial charge in [0.25, 0.3) is 17.7 Å². The first-order valence-electron chi connectivity index (χ1n) is 11.7. The van der Waals surface area contributed by atoms with Gasteiger partial charge in [0.15, 0.2) is 6.10 Å². The van der Waals surface area contributed by atoms with E-state index in [1.54, 1.807) is 55.5 Å². The van der Waals surface area contributed by atoms with E-state index in [9.17, 15) is 19.2 Å². The Labute approximate surface area is 208 Å². The van der Waals surface area contributed by atoms with Gasteiger partial charge < -0.3 is 9.47 Å². The van der Waals surface area contributed by atoms with E-state index in [1.165, 1.54) is 0 Å². The van der Waals surface area contributed by atoms with Crippen molar-refractivity contribution < 1.29 is 28.7 Å². The SMILES string of the molecule is CCOc1ccc(OC(C)C(=O)NNC(=O)CCCN2C(=O)c3cccc4cccc(c34)C2=O)cc1. The van der Waals surface area contributed by atoms with Gasteiger partial charge in [-0.1, -0.05) is 24.3 Å². The van der Waals surface area contributed by atoms with Crippen LogP contribution >= 0.6 is 0 Å². The van der Waals surface area contributed by atoms with Crippen LogP contribution in [0.3, 0.4) is 0 Å². The average molecular weight is 490 g/mol. The second-order valence-electron chi connectivity index (χ2n) is 8.28. The summed E-state index contributed by atoms with van der Waals surface area (Å²) >= 11 is 0. The fraction of sp³-hybridized carbons (Fsp3) is 0.259. The summed E-state index contributed by atoms with van der Waals surface area (Å²) in [6.45, 7) is 4.08. The van der Waals surface area contributed by atoms with Gasteiger partial charge in [0, 0.05) is 29.5 Å². The summed E-state index contributed by atoms with van der Waals surface area (Å²) in [5, 5.41) is 1.50. The monoisotopic (exact) mass is 489 g/mol. The smallest absolute Gasteiger partial charge is 0.279 e. The normalized spacial score (nSPS) is 13.3. The van der Waals surface area contributed by atoms with E-state index in [-0.39, 0.29) is 31.2 Å². The number of hydrogen-bond acceptors (Lipinski definition) is 6. The number of rotatable bonds is 9. The molecule has 0 aliphatic carbocycles. The number of hydrazine groups is 1. The summed E-state index contributed by atoms with van der Waals surface area (Å²) in [5.41, 5.74) is 5.62. The Bertz CT molecular complexity index is 1250. The molecule has 0 spiro atoms. The molecule has 0 saturated carbocycles. The molecule has 0 radical (unpaired) electrons. The van der Waals surface area contributed by atoms with Crippen LogP contribution in [0.1, 0.15) is 47.4 Å². The maximum atomic E-state index is 12.9. The molecule has 0 saturated heterocycles. The number of amides is 4. The number of benzene rings is 3. The van der Waals surface area contributed by atoms with Crippen LogP contribution in [0.15, 0.2) is 60.7 Å². The fourth-order valence-electron chi connectivity index (χ4n) is 4.02. The molecule has 1 unspecified atom stereocenters. The molecule has 0 aromatic heterocycles. The molecule has 9 heteroatoms. The molecule has 0 bridgehead atoms. The lowest BCUT2D eigenvalue weighted by atomic mass is 9.94. The Morgan fingerprint density at radius 1 is 0.889 bits per heavy atom. The second-order valence-corrected chi connectivity index (χ2v) is 8.28. The third kappa shape index (κ3) is 5.30. The number of ether oxygens (including phenoxy) is 2. The van der Waals surface area contributed by atoms with Crippen molar-refractivity contribution >= 4 is 34.4 Å². The zero-order valence-electron chi connectivity index (χ0n) is 20.1. The maximum Gasteiger partial charge on any atom is 0.279 e. The van der Waals surface area contributed by atoms with Crippen molar-refractivity contribution in [3.8, 4) is 11.5 Å². The number of nitrogens with one attached hydrogen (secondary N) is 2. The minimum Gasteiger partial charge on any atom is -0.494 e. The van der Waals surface area contributed by atoms with Gasteiger partial charge in [-0.3, -0.25) is 34.9 Å². The van der Waals surface area contributed by atoms with Crippen molar-refractivity contribution in [2.45, 2.75) is 32.8 Å². The Balaban J connectivity index is 1.24. The van der Waals surface area contributed by atoms with Crippen molar-refractivity contribution in [1.29, 1.82) is 0 Å². The van der Waals surface area contributed by atoms with Crippen LogP contribution in [0, 0.1) is 0 Å². The lowest BCUT2D eigenvalue weighted by molar-refractivity contribution is -0.132. The maximum absolute atomic E-state index is 12.9. The highest BCUT2D eigenvalue weighted by Crippen LogP contribution is 2.30. The molecule has 1 heterocycles. The lowest BCUT2D eigenvalue weighted by Crippen LogP contribution is -2.47. The largest absolute Gasteiger partial charge is 0.494 e. The van der Waals surface area contributed by atoms with Gasteiger partial charge in [-0.2, -0.15) is 0 Å². The topological polar surface area (TPSA) is 114 Å². The van der Waals surface area contributed by atoms with Crippen molar-refractivity contribution in [2.75, 3.05) is 13.2 Å². The first kappa shape index (κ1) is 24.7. The predicted molar refractivity (Wildman–Crippen MR) is 133 cm³/mol. The Morgan fingerprint density at radius 2 is 1.50 bits per heavy atom. The van der Waals surface area contributed by atoms with Crippen LogP contribution in [-0.2, 0) is 9.59 Å². The number of nitrogens with zero attached hydrogens (tertiary/aromatic N) is 1. The molecule has 36 heavy (non-hydrogen) atoms. The Morgan fingerprint density at radius 3 is 2.11 bits per heavy atom. The molecule has 4 amide bonds. The van der Waals surface area contributed by atoms with Crippen molar-refractivity contribution in [3.63, 3.8) is 0 Å². The number of carbonyl (C=O) groups is 4. The summed E-state index contributed by atoms with van der Waals surface area (Å²) in [7, 11) is 0. The van der Waals surface area contributed by atoms with E-state index in [2.05, 4.69) is 10.9 Å². The highest BCUT2D eigenvalue weighted by atomic mass is 16.5. The molecule has 1 aliphatic rings. The highest BCUT2D eigenvalue weighted by Gasteiger charge is 2.32. The minimum absolute atomic E-state index is 0.0112. The molecule has 0 fully saturated rings. The first-order valence-corrected chi connectivity index (χ1v) is 11.7. The molecule has 3 aromatic carbocycles. The molecular weight excluding hydrogens is 462 g/mol. The second kappa shape index (κ2) is 10.9. The van der Waals surface area contributed by atoms with Gasteiger partial charge in [0.05, 0.1) is 6.61 Å². The quantitative estimate of drug-likeness (QED) is 0.352.